The molecule has 0 aliphatic carbocycles. The van der Waals surface area contributed by atoms with Crippen LogP contribution < -0.4 is 5.01 Å². The zero-order valence-corrected chi connectivity index (χ0v) is 12.6. The van der Waals surface area contributed by atoms with Crippen molar-refractivity contribution in [3.05, 3.63) is 63.1 Å². The van der Waals surface area contributed by atoms with Gasteiger partial charge >= 0.3 is 0 Å². The van der Waals surface area contributed by atoms with Gasteiger partial charge in [0, 0.05) is 15.1 Å². The fourth-order valence-electron chi connectivity index (χ4n) is 2.17. The third-order valence-corrected chi connectivity index (χ3v) is 3.90. The molecule has 2 aromatic carbocycles. The highest BCUT2D eigenvalue weighted by atomic mass is 35.5. The lowest BCUT2D eigenvalue weighted by Crippen LogP contribution is -2.20. The quantitative estimate of drug-likeness (QED) is 0.708. The maximum Gasteiger partial charge on any atom is 0.102 e. The first-order valence-corrected chi connectivity index (χ1v) is 7.16. The van der Waals surface area contributed by atoms with Gasteiger partial charge in [0.1, 0.15) is 6.04 Å². The molecule has 1 unspecified atom stereocenters. The number of anilines is 1. The monoisotopic (exact) mass is 325 g/mol. The smallest absolute Gasteiger partial charge is 0.102 e. The summed E-state index contributed by atoms with van der Waals surface area (Å²) in [6.07, 6.45) is 0. The Kier molecular flexibility index (Phi) is 3.83. The molecule has 3 rings (SSSR count). The van der Waals surface area contributed by atoms with E-state index in [1.165, 1.54) is 0 Å². The minimum absolute atomic E-state index is 0.0433. The van der Waals surface area contributed by atoms with E-state index in [1.54, 1.807) is 6.07 Å². The first kappa shape index (κ1) is 13.7. The molecule has 1 aliphatic heterocycles. The molecule has 1 atom stereocenters. The van der Waals surface area contributed by atoms with E-state index in [-0.39, 0.29) is 6.04 Å². The van der Waals surface area contributed by atoms with Crippen LogP contribution in [-0.2, 0) is 0 Å². The van der Waals surface area contributed by atoms with Gasteiger partial charge in [-0.15, -0.1) is 0 Å². The second-order valence-electron chi connectivity index (χ2n) is 4.42. The maximum absolute atomic E-state index is 6.27. The van der Waals surface area contributed by atoms with Crippen molar-refractivity contribution < 1.29 is 0 Å². The highest BCUT2D eigenvalue weighted by Gasteiger charge is 2.27. The SMILES string of the molecule is Clc1cccc(N2N=NCC2c2ccc(Cl)cc2Cl)c1. The predicted octanol–water partition coefficient (Wildman–Crippen LogP) is 5.58. The third-order valence-electron chi connectivity index (χ3n) is 3.10. The van der Waals surface area contributed by atoms with Gasteiger partial charge in [-0.3, -0.25) is 0 Å². The van der Waals surface area contributed by atoms with E-state index in [2.05, 4.69) is 10.3 Å². The minimum Gasteiger partial charge on any atom is -0.238 e. The largest absolute Gasteiger partial charge is 0.238 e. The van der Waals surface area contributed by atoms with Crippen molar-refractivity contribution in [1.29, 1.82) is 0 Å². The van der Waals surface area contributed by atoms with E-state index in [0.29, 0.717) is 21.6 Å². The summed E-state index contributed by atoms with van der Waals surface area (Å²) in [7, 11) is 0. The first-order chi connectivity index (χ1) is 9.65. The highest BCUT2D eigenvalue weighted by molar-refractivity contribution is 6.35. The molecule has 1 aliphatic rings. The molecule has 0 fully saturated rings. The summed E-state index contributed by atoms with van der Waals surface area (Å²) >= 11 is 18.2. The van der Waals surface area contributed by atoms with E-state index in [9.17, 15) is 0 Å². The Labute approximate surface area is 131 Å². The molecule has 6 heteroatoms. The summed E-state index contributed by atoms with van der Waals surface area (Å²) in [5.41, 5.74) is 1.83. The number of rotatable bonds is 2. The van der Waals surface area contributed by atoms with Gasteiger partial charge in [-0.2, -0.15) is 5.11 Å². The lowest BCUT2D eigenvalue weighted by Gasteiger charge is -2.23. The topological polar surface area (TPSA) is 28.0 Å². The Balaban J connectivity index is 1.98. The zero-order valence-electron chi connectivity index (χ0n) is 10.3. The van der Waals surface area contributed by atoms with Crippen LogP contribution in [0.5, 0.6) is 0 Å². The Morgan fingerprint density at radius 2 is 1.80 bits per heavy atom. The number of nitrogens with zero attached hydrogens (tertiary/aromatic N) is 3. The summed E-state index contributed by atoms with van der Waals surface area (Å²) in [4.78, 5) is 0. The molecule has 102 valence electrons. The summed E-state index contributed by atoms with van der Waals surface area (Å²) < 4.78 is 0. The molecule has 2 aromatic rings. The molecule has 3 nitrogen and oxygen atoms in total. The minimum atomic E-state index is -0.0433. The Morgan fingerprint density at radius 3 is 2.55 bits per heavy atom. The van der Waals surface area contributed by atoms with Crippen LogP contribution >= 0.6 is 34.8 Å². The number of hydrogen-bond donors (Lipinski definition) is 0. The molecule has 0 radical (unpaired) electrons. The summed E-state index contributed by atoms with van der Waals surface area (Å²) in [5, 5.41) is 12.0. The van der Waals surface area contributed by atoms with E-state index < -0.39 is 0 Å². The van der Waals surface area contributed by atoms with Gasteiger partial charge in [-0.1, -0.05) is 52.2 Å². The fourth-order valence-corrected chi connectivity index (χ4v) is 2.89. The highest BCUT2D eigenvalue weighted by Crippen LogP contribution is 2.36. The van der Waals surface area contributed by atoms with Gasteiger partial charge in [0.15, 0.2) is 0 Å². The van der Waals surface area contributed by atoms with Gasteiger partial charge in [-0.05, 0) is 35.9 Å². The summed E-state index contributed by atoms with van der Waals surface area (Å²) in [6, 6.07) is 12.9. The first-order valence-electron chi connectivity index (χ1n) is 6.02. The van der Waals surface area contributed by atoms with Crippen molar-refractivity contribution in [1.82, 2.24) is 0 Å². The molecular weight excluding hydrogens is 317 g/mol. The molecule has 0 saturated heterocycles. The molecule has 1 heterocycles. The molecule has 0 bridgehead atoms. The molecule has 0 spiro atoms. The number of hydrogen-bond acceptors (Lipinski definition) is 3. The van der Waals surface area contributed by atoms with Crippen LogP contribution in [0.1, 0.15) is 11.6 Å². The van der Waals surface area contributed by atoms with E-state index in [0.717, 1.165) is 11.3 Å². The van der Waals surface area contributed by atoms with Crippen molar-refractivity contribution in [2.45, 2.75) is 6.04 Å². The van der Waals surface area contributed by atoms with Crippen LogP contribution in [0.25, 0.3) is 0 Å². The van der Waals surface area contributed by atoms with Crippen molar-refractivity contribution in [2.75, 3.05) is 11.6 Å². The average Bonchev–Trinajstić information content (AvgIpc) is 2.87. The van der Waals surface area contributed by atoms with Crippen LogP contribution in [0, 0.1) is 0 Å². The van der Waals surface area contributed by atoms with Crippen LogP contribution in [0.15, 0.2) is 52.8 Å². The maximum atomic E-state index is 6.27. The van der Waals surface area contributed by atoms with Gasteiger partial charge in [-0.25, -0.2) is 5.01 Å². The van der Waals surface area contributed by atoms with E-state index >= 15 is 0 Å². The van der Waals surface area contributed by atoms with Crippen molar-refractivity contribution in [2.24, 2.45) is 10.3 Å². The Hall–Kier alpha value is -1.29. The van der Waals surface area contributed by atoms with Crippen LogP contribution in [-0.4, -0.2) is 6.54 Å². The van der Waals surface area contributed by atoms with Crippen LogP contribution in [0.3, 0.4) is 0 Å². The van der Waals surface area contributed by atoms with Crippen molar-refractivity contribution in [3.8, 4) is 0 Å². The lowest BCUT2D eigenvalue weighted by atomic mass is 10.1. The molecule has 0 aromatic heterocycles. The molecule has 20 heavy (non-hydrogen) atoms. The van der Waals surface area contributed by atoms with E-state index in [1.807, 2.05) is 41.4 Å². The predicted molar refractivity (Wildman–Crippen MR) is 82.9 cm³/mol. The van der Waals surface area contributed by atoms with Crippen molar-refractivity contribution in [3.63, 3.8) is 0 Å². The fraction of sp³-hybridized carbons (Fsp3) is 0.143. The third kappa shape index (κ3) is 2.62. The average molecular weight is 327 g/mol. The second-order valence-corrected chi connectivity index (χ2v) is 5.70. The van der Waals surface area contributed by atoms with Gasteiger partial charge in [0.05, 0.1) is 12.2 Å². The standard InChI is InChI=1S/C14H10Cl3N3/c15-9-2-1-3-11(6-9)20-14(8-18-19-20)12-5-4-10(16)7-13(12)17/h1-7,14H,8H2. The lowest BCUT2D eigenvalue weighted by molar-refractivity contribution is 0.732. The molecule has 0 amide bonds. The van der Waals surface area contributed by atoms with Gasteiger partial charge in [0.2, 0.25) is 0 Å². The van der Waals surface area contributed by atoms with Gasteiger partial charge in [0.25, 0.3) is 0 Å². The molecule has 0 saturated carbocycles. The van der Waals surface area contributed by atoms with Gasteiger partial charge < -0.3 is 0 Å². The van der Waals surface area contributed by atoms with Crippen LogP contribution in [0.4, 0.5) is 5.69 Å². The molecule has 0 N–H and O–H groups in total. The molecular formula is C14H10Cl3N3. The number of halogens is 3. The second kappa shape index (κ2) is 5.60. The zero-order chi connectivity index (χ0) is 14.1. The normalized spacial score (nSPS) is 17.8. The summed E-state index contributed by atoms with van der Waals surface area (Å²) in [5.74, 6) is 0. The van der Waals surface area contributed by atoms with Crippen LogP contribution in [0.2, 0.25) is 15.1 Å². The number of benzene rings is 2. The Bertz CT molecular complexity index is 672. The van der Waals surface area contributed by atoms with E-state index in [4.69, 9.17) is 34.8 Å². The van der Waals surface area contributed by atoms with Crippen molar-refractivity contribution >= 4 is 40.5 Å². The summed E-state index contributed by atoms with van der Waals surface area (Å²) in [6.45, 7) is 0.549. The Morgan fingerprint density at radius 1 is 1.00 bits per heavy atom.